The first kappa shape index (κ1) is 23.0. The van der Waals surface area contributed by atoms with E-state index in [1.54, 1.807) is 28.9 Å². The maximum absolute atomic E-state index is 13.0. The number of hydrogen-bond donors (Lipinski definition) is 3. The normalized spacial score (nSPS) is 24.4. The van der Waals surface area contributed by atoms with Gasteiger partial charge in [-0.05, 0) is 43.5 Å². The summed E-state index contributed by atoms with van der Waals surface area (Å²) in [5.74, 6) is -4.39. The average Bonchev–Trinajstić information content (AvgIpc) is 3.17. The second-order valence-corrected chi connectivity index (χ2v) is 9.09. The molecule has 1 aromatic carbocycles. The van der Waals surface area contributed by atoms with Gasteiger partial charge in [0.05, 0.1) is 18.0 Å². The Balaban J connectivity index is 1.46. The summed E-state index contributed by atoms with van der Waals surface area (Å²) in [5.41, 5.74) is 6.36. The van der Waals surface area contributed by atoms with Crippen LogP contribution in [0, 0.1) is 23.2 Å². The number of benzene rings is 1. The predicted molar refractivity (Wildman–Crippen MR) is 117 cm³/mol. The fraction of sp³-hybridized carbons (Fsp3) is 0.455. The number of carbonyl (C=O) groups excluding carboxylic acids is 2. The highest BCUT2D eigenvalue weighted by Crippen LogP contribution is 2.40. The highest BCUT2D eigenvalue weighted by atomic mass is 35.5. The lowest BCUT2D eigenvalue weighted by molar-refractivity contribution is -0.134. The van der Waals surface area contributed by atoms with Crippen LogP contribution in [0.15, 0.2) is 30.5 Å². The summed E-state index contributed by atoms with van der Waals surface area (Å²) in [5, 5.41) is 20.5. The number of nitriles is 1. The second kappa shape index (κ2) is 8.98. The van der Waals surface area contributed by atoms with E-state index in [0.717, 1.165) is 0 Å². The molecule has 1 heterocycles. The molecule has 1 unspecified atom stereocenters. The summed E-state index contributed by atoms with van der Waals surface area (Å²) in [6.07, 6.45) is 2.04. The molecule has 2 aromatic rings. The number of rotatable bonds is 6. The molecule has 4 rings (SSSR count). The van der Waals surface area contributed by atoms with Gasteiger partial charge in [0.25, 0.3) is 11.8 Å². The van der Waals surface area contributed by atoms with Gasteiger partial charge in [-0.2, -0.15) is 10.4 Å². The molecule has 0 spiro atoms. The van der Waals surface area contributed by atoms with E-state index >= 15 is 0 Å². The maximum atomic E-state index is 13.0. The third-order valence-electron chi connectivity index (χ3n) is 6.23. The first-order valence-electron chi connectivity index (χ1n) is 10.6. The third-order valence-corrected chi connectivity index (χ3v) is 6.48. The van der Waals surface area contributed by atoms with Crippen LogP contribution in [0.5, 0.6) is 0 Å². The number of nitrogens with zero attached hydrogens (tertiary/aromatic N) is 3. The molecule has 0 saturated heterocycles. The summed E-state index contributed by atoms with van der Waals surface area (Å²) in [6.45, 7) is 0. The number of carbonyl (C=O) groups is 2. The number of aromatic nitrogens is 2. The molecule has 3 atom stereocenters. The number of nitrogens with two attached hydrogens (primary N) is 1. The molecule has 0 bridgehead atoms. The quantitative estimate of drug-likeness (QED) is 0.585. The molecule has 11 heteroatoms. The SMILES string of the molecule is N#CC1C[C@H](C(=O)NC2CC(F)(F)C2)CC[C@H]1n1cc(C(N)=O)c(Nc2ccc(Cl)cc2)n1. The Kier molecular flexibility index (Phi) is 6.26. The van der Waals surface area contributed by atoms with E-state index in [2.05, 4.69) is 21.8 Å². The van der Waals surface area contributed by atoms with Gasteiger partial charge in [-0.15, -0.1) is 0 Å². The van der Waals surface area contributed by atoms with Crippen molar-refractivity contribution in [1.29, 1.82) is 5.26 Å². The fourth-order valence-electron chi connectivity index (χ4n) is 4.43. The van der Waals surface area contributed by atoms with Gasteiger partial charge in [-0.25, -0.2) is 8.78 Å². The molecule has 4 N–H and O–H groups in total. The van der Waals surface area contributed by atoms with Crippen LogP contribution in [0.1, 0.15) is 48.5 Å². The number of hydrogen-bond acceptors (Lipinski definition) is 5. The first-order chi connectivity index (χ1) is 15.6. The second-order valence-electron chi connectivity index (χ2n) is 8.65. The zero-order valence-corrected chi connectivity index (χ0v) is 18.4. The molecule has 1 aromatic heterocycles. The van der Waals surface area contributed by atoms with Gasteiger partial charge in [-0.1, -0.05) is 11.6 Å². The fourth-order valence-corrected chi connectivity index (χ4v) is 4.56. The van der Waals surface area contributed by atoms with Gasteiger partial charge >= 0.3 is 0 Å². The van der Waals surface area contributed by atoms with E-state index in [1.165, 1.54) is 6.20 Å². The summed E-state index contributed by atoms with van der Waals surface area (Å²) in [6, 6.07) is 8.19. The number of alkyl halides is 2. The monoisotopic (exact) mass is 476 g/mol. The summed E-state index contributed by atoms with van der Waals surface area (Å²) in [7, 11) is 0. The Bertz CT molecular complexity index is 1090. The van der Waals surface area contributed by atoms with Crippen LogP contribution in [0.25, 0.3) is 0 Å². The van der Waals surface area contributed by atoms with Gasteiger partial charge in [0, 0.05) is 41.7 Å². The third kappa shape index (κ3) is 5.09. The lowest BCUT2D eigenvalue weighted by Gasteiger charge is -2.37. The lowest BCUT2D eigenvalue weighted by atomic mass is 9.77. The average molecular weight is 477 g/mol. The Hall–Kier alpha value is -3.19. The molecule has 0 aliphatic heterocycles. The van der Waals surface area contributed by atoms with Crippen molar-refractivity contribution in [2.45, 2.75) is 50.1 Å². The van der Waals surface area contributed by atoms with Crippen molar-refractivity contribution in [2.24, 2.45) is 17.6 Å². The highest BCUT2D eigenvalue weighted by Gasteiger charge is 2.47. The van der Waals surface area contributed by atoms with Crippen LogP contribution in [0.4, 0.5) is 20.3 Å². The van der Waals surface area contributed by atoms with E-state index in [9.17, 15) is 23.6 Å². The van der Waals surface area contributed by atoms with Crippen LogP contribution >= 0.6 is 11.6 Å². The van der Waals surface area contributed by atoms with E-state index in [1.807, 2.05) is 0 Å². The molecule has 8 nitrogen and oxygen atoms in total. The van der Waals surface area contributed by atoms with E-state index < -0.39 is 29.7 Å². The van der Waals surface area contributed by atoms with Gasteiger partial charge in [0.2, 0.25) is 5.91 Å². The molecule has 2 amide bonds. The number of nitrogens with one attached hydrogen (secondary N) is 2. The van der Waals surface area contributed by atoms with Gasteiger partial charge in [0.1, 0.15) is 5.56 Å². The van der Waals surface area contributed by atoms with E-state index in [-0.39, 0.29) is 42.6 Å². The molecule has 174 valence electrons. The molecular formula is C22H23ClF2N6O2. The number of amides is 2. The molecular weight excluding hydrogens is 454 g/mol. The van der Waals surface area contributed by atoms with Gasteiger partial charge in [-0.3, -0.25) is 14.3 Å². The van der Waals surface area contributed by atoms with Crippen molar-refractivity contribution in [2.75, 3.05) is 5.32 Å². The Labute approximate surface area is 194 Å². The van der Waals surface area contributed by atoms with Crippen molar-refractivity contribution < 1.29 is 18.4 Å². The standard InChI is InChI=1S/C22H23ClF2N6O2/c23-14-2-4-15(5-3-14)28-20-17(19(27)32)11-31(30-20)18-6-1-12(7-13(18)10-26)21(33)29-16-8-22(24,25)9-16/h2-5,11-13,16,18H,1,6-9H2,(H2,27,32)(H,28,30)(H,29,33)/t12-,13?,18-/m1/s1. The van der Waals surface area contributed by atoms with Crippen LogP contribution < -0.4 is 16.4 Å². The summed E-state index contributed by atoms with van der Waals surface area (Å²) >= 11 is 5.91. The molecule has 33 heavy (non-hydrogen) atoms. The van der Waals surface area contributed by atoms with Crippen molar-refractivity contribution in [3.63, 3.8) is 0 Å². The Morgan fingerprint density at radius 1 is 1.24 bits per heavy atom. The van der Waals surface area contributed by atoms with Crippen LogP contribution in [-0.4, -0.2) is 33.6 Å². The molecule has 2 saturated carbocycles. The topological polar surface area (TPSA) is 126 Å². The van der Waals surface area contributed by atoms with Crippen molar-refractivity contribution in [3.8, 4) is 6.07 Å². The summed E-state index contributed by atoms with van der Waals surface area (Å²) < 4.78 is 27.6. The smallest absolute Gasteiger partial charge is 0.254 e. The highest BCUT2D eigenvalue weighted by molar-refractivity contribution is 6.30. The zero-order valence-electron chi connectivity index (χ0n) is 17.6. The van der Waals surface area contributed by atoms with Crippen LogP contribution in [0.3, 0.4) is 0 Å². The number of anilines is 2. The first-order valence-corrected chi connectivity index (χ1v) is 11.0. The van der Waals surface area contributed by atoms with Crippen molar-refractivity contribution in [1.82, 2.24) is 15.1 Å². The van der Waals surface area contributed by atoms with Crippen molar-refractivity contribution in [3.05, 3.63) is 41.0 Å². The minimum absolute atomic E-state index is 0.174. The number of halogens is 3. The predicted octanol–water partition coefficient (Wildman–Crippen LogP) is 3.77. The maximum Gasteiger partial charge on any atom is 0.254 e. The molecule has 2 aliphatic carbocycles. The lowest BCUT2D eigenvalue weighted by Crippen LogP contribution is -2.52. The zero-order chi connectivity index (χ0) is 23.8. The molecule has 0 radical (unpaired) electrons. The van der Waals surface area contributed by atoms with Crippen LogP contribution in [-0.2, 0) is 4.79 Å². The van der Waals surface area contributed by atoms with E-state index in [4.69, 9.17) is 17.3 Å². The van der Waals surface area contributed by atoms with Crippen LogP contribution in [0.2, 0.25) is 5.02 Å². The Morgan fingerprint density at radius 2 is 1.94 bits per heavy atom. The Morgan fingerprint density at radius 3 is 2.55 bits per heavy atom. The van der Waals surface area contributed by atoms with Crippen molar-refractivity contribution >= 4 is 34.9 Å². The number of primary amides is 1. The van der Waals surface area contributed by atoms with Gasteiger partial charge < -0.3 is 16.4 Å². The largest absolute Gasteiger partial charge is 0.365 e. The molecule has 2 fully saturated rings. The van der Waals surface area contributed by atoms with Gasteiger partial charge in [0.15, 0.2) is 5.82 Å². The summed E-state index contributed by atoms with van der Waals surface area (Å²) in [4.78, 5) is 24.5. The minimum atomic E-state index is -2.71. The minimum Gasteiger partial charge on any atom is -0.365 e. The van der Waals surface area contributed by atoms with E-state index in [0.29, 0.717) is 23.6 Å². The molecule has 2 aliphatic rings.